The number of aliphatic hydroxyl groups excluding tert-OH is 2. The minimum absolute atomic E-state index is 0.0145. The number of fused-ring (bicyclic) bond motifs is 5. The Balaban J connectivity index is 1.10. The molecule has 0 radical (unpaired) electrons. The molecule has 2 aromatic heterocycles. The Morgan fingerprint density at radius 1 is 1.11 bits per heavy atom. The fourth-order valence-corrected chi connectivity index (χ4v) is 11.3. The molecule has 4 saturated carbocycles. The third kappa shape index (κ3) is 5.24. The maximum absolute atomic E-state index is 12.8. The van der Waals surface area contributed by atoms with Crippen LogP contribution in [0.2, 0.25) is 0 Å². The van der Waals surface area contributed by atoms with E-state index >= 15 is 0 Å². The standard InChI is InChI=1S/C32H47N5O6S/c1-5-22-26-14-20(38)10-12-32(26,4)25-11-13-31(3)23(7-8-24(31)28(25)29(22)39)19(2)16-43-30(40)36-44(41,42)21-6-9-27(34-15-21)37-18-33-17-35-37/h6,9,15,17-20,22-26,28-29,38-39H,5,7-8,10-14,16H2,1-4H3,(H,36,40)/t19-,20-,22-,23-,24?,25?,26?,28?,29-,31-,32-/m1/s1. The van der Waals surface area contributed by atoms with Crippen molar-refractivity contribution in [1.29, 1.82) is 0 Å². The van der Waals surface area contributed by atoms with Gasteiger partial charge in [-0.05, 0) is 109 Å². The topological polar surface area (TPSA) is 157 Å². The van der Waals surface area contributed by atoms with Crippen LogP contribution in [0.5, 0.6) is 0 Å². The summed E-state index contributed by atoms with van der Waals surface area (Å²) in [5.41, 5.74) is 0.161. The summed E-state index contributed by atoms with van der Waals surface area (Å²) in [6.45, 7) is 9.20. The average Bonchev–Trinajstić information content (AvgIpc) is 3.65. The Morgan fingerprint density at radius 2 is 1.86 bits per heavy atom. The van der Waals surface area contributed by atoms with Gasteiger partial charge >= 0.3 is 6.09 Å². The van der Waals surface area contributed by atoms with Crippen LogP contribution in [0.4, 0.5) is 4.79 Å². The summed E-state index contributed by atoms with van der Waals surface area (Å²) in [7, 11) is -4.17. The number of carbonyl (C=O) groups excluding carboxylic acids is 1. The van der Waals surface area contributed by atoms with E-state index in [-0.39, 0.29) is 52.3 Å². The number of carbonyl (C=O) groups is 1. The molecule has 1 amide bonds. The molecule has 3 N–H and O–H groups in total. The quantitative estimate of drug-likeness (QED) is 0.405. The van der Waals surface area contributed by atoms with Gasteiger partial charge in [0.05, 0.1) is 18.8 Å². The molecule has 2 heterocycles. The van der Waals surface area contributed by atoms with E-state index in [2.05, 4.69) is 42.8 Å². The first-order chi connectivity index (χ1) is 20.9. The van der Waals surface area contributed by atoms with Crippen molar-refractivity contribution in [2.24, 2.45) is 52.3 Å². The molecule has 0 bridgehead atoms. The van der Waals surface area contributed by atoms with Gasteiger partial charge < -0.3 is 14.9 Å². The van der Waals surface area contributed by atoms with Gasteiger partial charge in [-0.25, -0.2) is 32.6 Å². The van der Waals surface area contributed by atoms with Crippen molar-refractivity contribution in [3.8, 4) is 5.82 Å². The van der Waals surface area contributed by atoms with Crippen LogP contribution < -0.4 is 4.72 Å². The van der Waals surface area contributed by atoms with Crippen molar-refractivity contribution >= 4 is 16.1 Å². The van der Waals surface area contributed by atoms with Crippen molar-refractivity contribution in [1.82, 2.24) is 24.5 Å². The zero-order valence-corrected chi connectivity index (χ0v) is 27.0. The van der Waals surface area contributed by atoms with Crippen LogP contribution in [0.25, 0.3) is 5.82 Å². The van der Waals surface area contributed by atoms with Gasteiger partial charge in [-0.1, -0.05) is 34.1 Å². The molecule has 0 spiro atoms. The molecule has 242 valence electrons. The molecule has 44 heavy (non-hydrogen) atoms. The molecule has 0 saturated heterocycles. The maximum atomic E-state index is 12.8. The summed E-state index contributed by atoms with van der Waals surface area (Å²) in [5.74, 6) is 2.39. The fourth-order valence-electron chi connectivity index (χ4n) is 10.4. The number of ether oxygens (including phenoxy) is 1. The number of sulfonamides is 1. The molecule has 2 aromatic rings. The van der Waals surface area contributed by atoms with Crippen molar-refractivity contribution in [2.75, 3.05) is 6.61 Å². The van der Waals surface area contributed by atoms with Gasteiger partial charge in [0.1, 0.15) is 17.6 Å². The van der Waals surface area contributed by atoms with E-state index in [0.717, 1.165) is 57.6 Å². The molecular weight excluding hydrogens is 582 g/mol. The lowest BCUT2D eigenvalue weighted by Crippen LogP contribution is -2.62. The van der Waals surface area contributed by atoms with Crippen LogP contribution >= 0.6 is 0 Å². The smallest absolute Gasteiger partial charge is 0.421 e. The first-order valence-electron chi connectivity index (χ1n) is 16.3. The number of pyridine rings is 1. The fraction of sp³-hybridized carbons (Fsp3) is 0.750. The van der Waals surface area contributed by atoms with Gasteiger partial charge in [-0.15, -0.1) is 0 Å². The molecule has 4 unspecified atom stereocenters. The highest BCUT2D eigenvalue weighted by Gasteiger charge is 2.64. The monoisotopic (exact) mass is 629 g/mol. The lowest BCUT2D eigenvalue weighted by atomic mass is 9.41. The Labute approximate surface area is 260 Å². The molecule has 4 aliphatic rings. The SMILES string of the molecule is CC[C@@H]1C2C[C@H](O)CC[C@]2(C)C2CC[C@@]3(C)C(CC[C@@H]3[C@H](C)COC(=O)NS(=O)(=O)c3ccc(-n4cncn4)nc3)C2[C@@H]1O. The highest BCUT2D eigenvalue weighted by Crippen LogP contribution is 2.69. The third-order valence-corrected chi connectivity index (χ3v) is 13.8. The number of hydrogen-bond acceptors (Lipinski definition) is 9. The number of nitrogens with one attached hydrogen (secondary N) is 1. The van der Waals surface area contributed by atoms with Crippen molar-refractivity contribution in [2.45, 2.75) is 96.2 Å². The van der Waals surface area contributed by atoms with Crippen LogP contribution in [0.3, 0.4) is 0 Å². The van der Waals surface area contributed by atoms with Gasteiger partial charge in [-0.3, -0.25) is 0 Å². The molecular formula is C32H47N5O6S. The van der Waals surface area contributed by atoms with Crippen molar-refractivity contribution in [3.63, 3.8) is 0 Å². The van der Waals surface area contributed by atoms with Crippen LogP contribution in [0, 0.1) is 52.3 Å². The Hall–Kier alpha value is -2.57. The number of aliphatic hydroxyl groups is 2. The van der Waals surface area contributed by atoms with E-state index in [9.17, 15) is 23.4 Å². The summed E-state index contributed by atoms with van der Waals surface area (Å²) < 4.78 is 34.5. The van der Waals surface area contributed by atoms with Crippen LogP contribution in [0.15, 0.2) is 35.9 Å². The maximum Gasteiger partial charge on any atom is 0.421 e. The van der Waals surface area contributed by atoms with Crippen LogP contribution in [-0.2, 0) is 14.8 Å². The Kier molecular flexibility index (Phi) is 8.32. The lowest BCUT2D eigenvalue weighted by Gasteiger charge is -2.64. The summed E-state index contributed by atoms with van der Waals surface area (Å²) in [6, 6.07) is 2.83. The van der Waals surface area contributed by atoms with E-state index in [1.54, 1.807) is 0 Å². The van der Waals surface area contributed by atoms with Gasteiger partial charge in [0, 0.05) is 6.20 Å². The second kappa shape index (κ2) is 11.7. The summed E-state index contributed by atoms with van der Waals surface area (Å²) in [4.78, 5) is 20.4. The number of nitrogens with zero attached hydrogens (tertiary/aromatic N) is 4. The predicted molar refractivity (Wildman–Crippen MR) is 162 cm³/mol. The molecule has 6 rings (SSSR count). The molecule has 4 aliphatic carbocycles. The molecule has 0 aromatic carbocycles. The first-order valence-corrected chi connectivity index (χ1v) is 17.7. The zero-order chi connectivity index (χ0) is 31.4. The molecule has 0 aliphatic heterocycles. The average molecular weight is 630 g/mol. The molecule has 12 heteroatoms. The highest BCUT2D eigenvalue weighted by atomic mass is 32.2. The molecule has 11 atom stereocenters. The predicted octanol–water partition coefficient (Wildman–Crippen LogP) is 4.34. The van der Waals surface area contributed by atoms with E-state index < -0.39 is 16.1 Å². The van der Waals surface area contributed by atoms with Gasteiger partial charge in [-0.2, -0.15) is 5.10 Å². The van der Waals surface area contributed by atoms with Crippen LogP contribution in [-0.4, -0.2) is 63.3 Å². The van der Waals surface area contributed by atoms with Gasteiger partial charge in [0.15, 0.2) is 5.82 Å². The largest absolute Gasteiger partial charge is 0.449 e. The number of rotatable bonds is 7. The van der Waals surface area contributed by atoms with E-state index in [4.69, 9.17) is 4.74 Å². The zero-order valence-electron chi connectivity index (χ0n) is 26.2. The number of hydrogen-bond donors (Lipinski definition) is 3. The van der Waals surface area contributed by atoms with Crippen molar-refractivity contribution in [3.05, 3.63) is 31.0 Å². The van der Waals surface area contributed by atoms with Crippen LogP contribution in [0.1, 0.15) is 79.1 Å². The van der Waals surface area contributed by atoms with E-state index in [0.29, 0.717) is 29.5 Å². The summed E-state index contributed by atoms with van der Waals surface area (Å²) >= 11 is 0. The minimum Gasteiger partial charge on any atom is -0.449 e. The highest BCUT2D eigenvalue weighted by molar-refractivity contribution is 7.90. The number of amides is 1. The lowest BCUT2D eigenvalue weighted by molar-refractivity contribution is -0.203. The third-order valence-electron chi connectivity index (χ3n) is 12.5. The normalized spacial score (nSPS) is 39.0. The second-order valence-electron chi connectivity index (χ2n) is 14.5. The summed E-state index contributed by atoms with van der Waals surface area (Å²) in [5, 5.41) is 26.4. The molecule has 11 nitrogen and oxygen atoms in total. The van der Waals surface area contributed by atoms with Gasteiger partial charge in [0.25, 0.3) is 10.0 Å². The number of aromatic nitrogens is 4. The first kappa shape index (κ1) is 31.4. The van der Waals surface area contributed by atoms with E-state index in [1.807, 2.05) is 4.72 Å². The van der Waals surface area contributed by atoms with Gasteiger partial charge in [0.2, 0.25) is 0 Å². The minimum atomic E-state index is -4.17. The van der Waals surface area contributed by atoms with E-state index in [1.165, 1.54) is 29.5 Å². The van der Waals surface area contributed by atoms with Crippen molar-refractivity contribution < 1.29 is 28.2 Å². The molecule has 4 fully saturated rings. The Bertz CT molecular complexity index is 1440. The second-order valence-corrected chi connectivity index (χ2v) is 16.2. The summed E-state index contributed by atoms with van der Waals surface area (Å²) in [6.07, 6.45) is 10.1. The Morgan fingerprint density at radius 3 is 2.55 bits per heavy atom.